The molecule has 0 fully saturated rings. The quantitative estimate of drug-likeness (QED) is 0.590. The van der Waals surface area contributed by atoms with Gasteiger partial charge in [-0.3, -0.25) is 4.99 Å². The lowest BCUT2D eigenvalue weighted by Gasteiger charge is -1.99. The van der Waals surface area contributed by atoms with E-state index in [4.69, 9.17) is 0 Å². The molecule has 0 saturated carbocycles. The van der Waals surface area contributed by atoms with Crippen LogP contribution in [0.2, 0.25) is 0 Å². The van der Waals surface area contributed by atoms with Crippen molar-refractivity contribution in [2.75, 3.05) is 13.6 Å². The van der Waals surface area contributed by atoms with E-state index in [2.05, 4.69) is 19.1 Å². The third-order valence-corrected chi connectivity index (χ3v) is 2.47. The number of allylic oxidation sites excluding steroid dienone is 1. The standard InChI is InChI=1S/C13H20N4.C2H6/c1-4-16(9-5-7-14-3)11-12-17-10-6-8-15-13(17)2;1-2/h4-10H,11-12H2,1-3H3;1-2H3/q+2;/b9-5-,14-7?,16-4?;. The number of aryl methyl sites for hydroxylation is 1. The summed E-state index contributed by atoms with van der Waals surface area (Å²) in [5, 5.41) is 0. The van der Waals surface area contributed by atoms with Gasteiger partial charge in [-0.25, -0.2) is 9.14 Å². The molecule has 0 bridgehead atoms. The van der Waals surface area contributed by atoms with Crippen molar-refractivity contribution in [3.05, 3.63) is 36.6 Å². The highest BCUT2D eigenvalue weighted by Crippen LogP contribution is 1.83. The molecule has 0 aliphatic heterocycles. The first-order valence-electron chi connectivity index (χ1n) is 6.73. The summed E-state index contributed by atoms with van der Waals surface area (Å²) in [5.74, 6) is 1.03. The van der Waals surface area contributed by atoms with Crippen molar-refractivity contribution in [3.8, 4) is 0 Å². The van der Waals surface area contributed by atoms with E-state index >= 15 is 0 Å². The summed E-state index contributed by atoms with van der Waals surface area (Å²) in [4.78, 5) is 8.16. The Bertz CT molecular complexity index is 434. The maximum absolute atomic E-state index is 4.25. The molecule has 0 radical (unpaired) electrons. The summed E-state index contributed by atoms with van der Waals surface area (Å²) in [6.45, 7) is 9.87. The van der Waals surface area contributed by atoms with E-state index in [1.165, 1.54) is 0 Å². The lowest BCUT2D eigenvalue weighted by molar-refractivity contribution is -0.723. The highest BCUT2D eigenvalue weighted by atomic mass is 15.1. The molecule has 0 amide bonds. The highest BCUT2D eigenvalue weighted by Gasteiger charge is 2.07. The predicted octanol–water partition coefficient (Wildman–Crippen LogP) is 2.02. The molecule has 0 N–H and O–H groups in total. The van der Waals surface area contributed by atoms with Gasteiger partial charge in [0.25, 0.3) is 5.82 Å². The summed E-state index contributed by atoms with van der Waals surface area (Å²) in [7, 11) is 1.76. The van der Waals surface area contributed by atoms with Crippen LogP contribution in [0.25, 0.3) is 0 Å². The molecule has 19 heavy (non-hydrogen) atoms. The Hall–Kier alpha value is -1.84. The van der Waals surface area contributed by atoms with Gasteiger partial charge in [-0.1, -0.05) is 18.8 Å². The van der Waals surface area contributed by atoms with Gasteiger partial charge < -0.3 is 0 Å². The van der Waals surface area contributed by atoms with E-state index in [-0.39, 0.29) is 0 Å². The zero-order valence-corrected chi connectivity index (χ0v) is 12.7. The second-order valence-corrected chi connectivity index (χ2v) is 3.61. The first kappa shape index (κ1) is 17.2. The number of rotatable bonds is 5. The largest absolute Gasteiger partial charge is 0.296 e. The molecule has 1 aromatic heterocycles. The molecule has 0 aliphatic carbocycles. The van der Waals surface area contributed by atoms with Crippen molar-refractivity contribution in [2.45, 2.75) is 34.2 Å². The average molecular weight is 262 g/mol. The van der Waals surface area contributed by atoms with Crippen LogP contribution in [0.1, 0.15) is 26.6 Å². The van der Waals surface area contributed by atoms with Gasteiger partial charge in [0, 0.05) is 39.3 Å². The summed E-state index contributed by atoms with van der Waals surface area (Å²) in [5.41, 5.74) is 0. The van der Waals surface area contributed by atoms with Crippen molar-refractivity contribution < 1.29 is 9.14 Å². The van der Waals surface area contributed by atoms with E-state index in [1.54, 1.807) is 13.3 Å². The minimum Gasteiger partial charge on any atom is -0.296 e. The zero-order valence-electron chi connectivity index (χ0n) is 12.7. The molecule has 0 aliphatic rings. The van der Waals surface area contributed by atoms with Crippen LogP contribution in [0.4, 0.5) is 0 Å². The molecule has 0 saturated heterocycles. The normalized spacial score (nSPS) is 11.7. The van der Waals surface area contributed by atoms with Gasteiger partial charge in [0.2, 0.25) is 0 Å². The number of hydrogen-bond donors (Lipinski definition) is 0. The first-order chi connectivity index (χ1) is 9.27. The van der Waals surface area contributed by atoms with E-state index in [1.807, 2.05) is 64.6 Å². The highest BCUT2D eigenvalue weighted by molar-refractivity contribution is 5.70. The Labute approximate surface area is 116 Å². The fourth-order valence-electron chi connectivity index (χ4n) is 1.46. The maximum Gasteiger partial charge on any atom is 0.295 e. The fraction of sp³-hybridized carbons (Fsp3) is 0.467. The molecule has 1 rings (SSSR count). The zero-order chi connectivity index (χ0) is 14.5. The maximum atomic E-state index is 4.25. The van der Waals surface area contributed by atoms with E-state index in [0.29, 0.717) is 0 Å². The Balaban J connectivity index is 0.00000154. The van der Waals surface area contributed by atoms with Crippen LogP contribution in [-0.2, 0) is 6.54 Å². The molecule has 1 aromatic rings. The molecular formula is C15H26N4+2. The third-order valence-electron chi connectivity index (χ3n) is 2.47. The molecule has 0 aromatic carbocycles. The van der Waals surface area contributed by atoms with Gasteiger partial charge in [0.05, 0.1) is 6.20 Å². The van der Waals surface area contributed by atoms with Gasteiger partial charge in [-0.05, 0) is 0 Å². The van der Waals surface area contributed by atoms with Crippen LogP contribution in [0.3, 0.4) is 0 Å². The molecular weight excluding hydrogens is 236 g/mol. The van der Waals surface area contributed by atoms with Crippen molar-refractivity contribution in [3.63, 3.8) is 0 Å². The van der Waals surface area contributed by atoms with Gasteiger partial charge >= 0.3 is 0 Å². The number of aliphatic imine (C=N–C) groups is 1. The lowest BCUT2D eigenvalue weighted by Crippen LogP contribution is -2.40. The monoisotopic (exact) mass is 262 g/mol. The Morgan fingerprint density at radius 2 is 2.16 bits per heavy atom. The molecule has 0 unspecified atom stereocenters. The molecule has 4 heteroatoms. The van der Waals surface area contributed by atoms with Gasteiger partial charge in [-0.2, -0.15) is 0 Å². The molecule has 1 heterocycles. The smallest absolute Gasteiger partial charge is 0.295 e. The van der Waals surface area contributed by atoms with Crippen LogP contribution in [0.5, 0.6) is 0 Å². The average Bonchev–Trinajstić information content (AvgIpc) is 2.46. The second-order valence-electron chi connectivity index (χ2n) is 3.61. The molecule has 0 atom stereocenters. The van der Waals surface area contributed by atoms with E-state index in [9.17, 15) is 0 Å². The van der Waals surface area contributed by atoms with Crippen molar-refractivity contribution in [2.24, 2.45) is 4.99 Å². The van der Waals surface area contributed by atoms with Crippen molar-refractivity contribution in [1.29, 1.82) is 0 Å². The van der Waals surface area contributed by atoms with Gasteiger partial charge in [0.15, 0.2) is 12.7 Å². The van der Waals surface area contributed by atoms with Crippen LogP contribution in [0.15, 0.2) is 35.7 Å². The van der Waals surface area contributed by atoms with Crippen molar-refractivity contribution in [1.82, 2.24) is 4.98 Å². The predicted molar refractivity (Wildman–Crippen MR) is 80.9 cm³/mol. The molecule has 104 valence electrons. The summed E-state index contributed by atoms with van der Waals surface area (Å²) in [6, 6.07) is 1.95. The summed E-state index contributed by atoms with van der Waals surface area (Å²) >= 11 is 0. The number of nitrogens with zero attached hydrogens (tertiary/aromatic N) is 4. The van der Waals surface area contributed by atoms with Gasteiger partial charge in [-0.15, -0.1) is 0 Å². The van der Waals surface area contributed by atoms with Crippen LogP contribution in [-0.4, -0.2) is 35.6 Å². The Morgan fingerprint density at radius 1 is 1.42 bits per heavy atom. The minimum atomic E-state index is 0.914. The van der Waals surface area contributed by atoms with Crippen molar-refractivity contribution >= 4 is 12.4 Å². The topological polar surface area (TPSA) is 32.1 Å². The summed E-state index contributed by atoms with van der Waals surface area (Å²) in [6.07, 6.45) is 11.6. The van der Waals surface area contributed by atoms with E-state index in [0.717, 1.165) is 18.9 Å². The lowest BCUT2D eigenvalue weighted by atomic mass is 10.5. The molecule has 0 spiro atoms. The Kier molecular flexibility index (Phi) is 10.2. The second kappa shape index (κ2) is 11.3. The molecule has 4 nitrogen and oxygen atoms in total. The number of hydrogen-bond acceptors (Lipinski definition) is 2. The van der Waals surface area contributed by atoms with E-state index < -0.39 is 0 Å². The fourth-order valence-corrected chi connectivity index (χ4v) is 1.46. The summed E-state index contributed by atoms with van der Waals surface area (Å²) < 4.78 is 4.26. The third kappa shape index (κ3) is 7.24. The Morgan fingerprint density at radius 3 is 2.74 bits per heavy atom. The number of aromatic nitrogens is 2. The van der Waals surface area contributed by atoms with Crippen LogP contribution < -0.4 is 4.57 Å². The SMILES string of the molecule is CC.CC=[N+](/C=C\C=NC)CC[n+]1cccnc1C. The van der Waals surface area contributed by atoms with Crippen LogP contribution >= 0.6 is 0 Å². The minimum absolute atomic E-state index is 0.914. The van der Waals surface area contributed by atoms with Crippen LogP contribution in [0, 0.1) is 6.92 Å². The van der Waals surface area contributed by atoms with Gasteiger partial charge in [0.1, 0.15) is 19.0 Å². The first-order valence-corrected chi connectivity index (χ1v) is 6.73.